The molecule has 1 aromatic carbocycles. The van der Waals surface area contributed by atoms with E-state index >= 15 is 0 Å². The van der Waals surface area contributed by atoms with Crippen molar-refractivity contribution in [2.45, 2.75) is 26.0 Å². The van der Waals surface area contributed by atoms with Gasteiger partial charge in [-0.05, 0) is 26.0 Å². The minimum absolute atomic E-state index is 0.271. The van der Waals surface area contributed by atoms with E-state index in [1.807, 2.05) is 12.1 Å². The molecule has 0 fully saturated rings. The van der Waals surface area contributed by atoms with E-state index in [-0.39, 0.29) is 6.61 Å². The van der Waals surface area contributed by atoms with Gasteiger partial charge in [-0.3, -0.25) is 0 Å². The Morgan fingerprint density at radius 2 is 2.06 bits per heavy atom. The second kappa shape index (κ2) is 6.74. The molecule has 1 rings (SSSR count). The van der Waals surface area contributed by atoms with E-state index in [4.69, 9.17) is 16.3 Å². The summed E-state index contributed by atoms with van der Waals surface area (Å²) in [5.41, 5.74) is 0. The third kappa shape index (κ3) is 4.84. The topological polar surface area (TPSA) is 46.1 Å². The predicted molar refractivity (Wildman–Crippen MR) is 64.9 cm³/mol. The molecule has 16 heavy (non-hydrogen) atoms. The van der Waals surface area contributed by atoms with Crippen molar-refractivity contribution in [1.29, 1.82) is 0 Å². The van der Waals surface area contributed by atoms with Crippen LogP contribution in [0.3, 0.4) is 0 Å². The highest BCUT2D eigenvalue weighted by Gasteiger charge is 2.09. The molecule has 3 nitrogen and oxygen atoms in total. The number of benzene rings is 1. The van der Waals surface area contributed by atoms with E-state index in [0.717, 1.165) is 0 Å². The van der Waals surface area contributed by atoms with E-state index in [1.165, 1.54) is 0 Å². The van der Waals surface area contributed by atoms with Gasteiger partial charge in [-0.2, -0.15) is 0 Å². The number of para-hydroxylation sites is 1. The van der Waals surface area contributed by atoms with Crippen LogP contribution in [-0.4, -0.2) is 30.4 Å². The molecule has 0 heterocycles. The quantitative estimate of drug-likeness (QED) is 0.786. The van der Waals surface area contributed by atoms with Crippen molar-refractivity contribution in [2.24, 2.45) is 0 Å². The minimum Gasteiger partial charge on any atom is -0.489 e. The van der Waals surface area contributed by atoms with Gasteiger partial charge in [0.2, 0.25) is 0 Å². The zero-order valence-electron chi connectivity index (χ0n) is 9.69. The Kier molecular flexibility index (Phi) is 5.60. The molecular weight excluding hydrogens is 226 g/mol. The van der Waals surface area contributed by atoms with Gasteiger partial charge in [-0.1, -0.05) is 23.7 Å². The van der Waals surface area contributed by atoms with Crippen LogP contribution < -0.4 is 10.1 Å². The van der Waals surface area contributed by atoms with Crippen LogP contribution in [-0.2, 0) is 0 Å². The van der Waals surface area contributed by atoms with Gasteiger partial charge in [0.1, 0.15) is 25.0 Å². The van der Waals surface area contributed by atoms with Crippen LogP contribution in [0.4, 0.5) is 0 Å². The SMILES string of the molecule is CC(C)[NH2+]C[C@H](O)COc1ccccc1Cl. The Labute approximate surface area is 101 Å². The first-order valence-corrected chi connectivity index (χ1v) is 5.86. The van der Waals surface area contributed by atoms with Gasteiger partial charge in [0.25, 0.3) is 0 Å². The molecule has 0 amide bonds. The molecule has 0 saturated heterocycles. The fraction of sp³-hybridized carbons (Fsp3) is 0.500. The lowest BCUT2D eigenvalue weighted by Gasteiger charge is -2.13. The summed E-state index contributed by atoms with van der Waals surface area (Å²) in [5.74, 6) is 0.618. The van der Waals surface area contributed by atoms with Crippen molar-refractivity contribution in [3.8, 4) is 5.75 Å². The van der Waals surface area contributed by atoms with Gasteiger partial charge >= 0.3 is 0 Å². The largest absolute Gasteiger partial charge is 0.489 e. The molecule has 0 unspecified atom stereocenters. The highest BCUT2D eigenvalue weighted by molar-refractivity contribution is 6.32. The molecule has 0 spiro atoms. The number of nitrogens with two attached hydrogens (primary N) is 1. The van der Waals surface area contributed by atoms with E-state index < -0.39 is 6.10 Å². The number of hydrogen-bond donors (Lipinski definition) is 2. The molecule has 0 aliphatic rings. The first-order chi connectivity index (χ1) is 7.59. The van der Waals surface area contributed by atoms with E-state index in [2.05, 4.69) is 19.2 Å². The predicted octanol–water partition coefficient (Wildman–Crippen LogP) is 1.05. The van der Waals surface area contributed by atoms with E-state index in [0.29, 0.717) is 23.4 Å². The molecule has 0 aromatic heterocycles. The van der Waals surface area contributed by atoms with E-state index in [1.54, 1.807) is 12.1 Å². The molecule has 0 saturated carbocycles. The summed E-state index contributed by atoms with van der Waals surface area (Å²) in [5, 5.41) is 12.3. The smallest absolute Gasteiger partial charge is 0.138 e. The van der Waals surface area contributed by atoms with Gasteiger partial charge in [-0.15, -0.1) is 0 Å². The molecule has 0 bridgehead atoms. The van der Waals surface area contributed by atoms with Crippen LogP contribution in [0.25, 0.3) is 0 Å². The zero-order valence-corrected chi connectivity index (χ0v) is 10.4. The Balaban J connectivity index is 2.31. The van der Waals surface area contributed by atoms with E-state index in [9.17, 15) is 5.11 Å². The van der Waals surface area contributed by atoms with Gasteiger partial charge in [0, 0.05) is 0 Å². The van der Waals surface area contributed by atoms with Gasteiger partial charge < -0.3 is 15.2 Å². The summed E-state index contributed by atoms with van der Waals surface area (Å²) in [6.07, 6.45) is -0.473. The van der Waals surface area contributed by atoms with Crippen molar-refractivity contribution >= 4 is 11.6 Å². The summed E-state index contributed by atoms with van der Waals surface area (Å²) >= 11 is 5.92. The second-order valence-corrected chi connectivity index (χ2v) is 4.52. The zero-order chi connectivity index (χ0) is 12.0. The Bertz CT molecular complexity index is 318. The second-order valence-electron chi connectivity index (χ2n) is 4.11. The Morgan fingerprint density at radius 1 is 1.38 bits per heavy atom. The summed E-state index contributed by atoms with van der Waals surface area (Å²) in [6.45, 7) is 5.08. The van der Waals surface area contributed by atoms with Crippen LogP contribution in [0.15, 0.2) is 24.3 Å². The number of rotatable bonds is 6. The first kappa shape index (κ1) is 13.3. The Morgan fingerprint density at radius 3 is 2.69 bits per heavy atom. The van der Waals surface area contributed by atoms with Crippen LogP contribution in [0.2, 0.25) is 5.02 Å². The molecule has 90 valence electrons. The van der Waals surface area contributed by atoms with Gasteiger partial charge in [-0.25, -0.2) is 0 Å². The third-order valence-corrected chi connectivity index (χ3v) is 2.46. The number of aliphatic hydroxyl groups excluding tert-OH is 1. The molecule has 3 N–H and O–H groups in total. The van der Waals surface area contributed by atoms with Gasteiger partial charge in [0.15, 0.2) is 0 Å². The fourth-order valence-electron chi connectivity index (χ4n) is 1.25. The van der Waals surface area contributed by atoms with Crippen molar-refractivity contribution < 1.29 is 15.2 Å². The third-order valence-electron chi connectivity index (χ3n) is 2.15. The van der Waals surface area contributed by atoms with Crippen LogP contribution >= 0.6 is 11.6 Å². The molecule has 0 aliphatic carbocycles. The van der Waals surface area contributed by atoms with Crippen LogP contribution in [0, 0.1) is 0 Å². The first-order valence-electron chi connectivity index (χ1n) is 5.48. The lowest BCUT2D eigenvalue weighted by Crippen LogP contribution is -2.90. The standard InChI is InChI=1S/C12H18ClNO2/c1-9(2)14-7-10(15)8-16-12-6-4-3-5-11(12)13/h3-6,9-10,14-15H,7-8H2,1-2H3/p+1/t10-/m0/s1. The minimum atomic E-state index is -0.473. The van der Waals surface area contributed by atoms with Crippen LogP contribution in [0.5, 0.6) is 5.75 Å². The fourth-order valence-corrected chi connectivity index (χ4v) is 1.44. The number of aliphatic hydroxyl groups is 1. The van der Waals surface area contributed by atoms with Crippen molar-refractivity contribution in [3.63, 3.8) is 0 Å². The molecule has 0 aliphatic heterocycles. The summed E-state index contributed by atoms with van der Waals surface area (Å²) in [6, 6.07) is 7.74. The number of halogens is 1. The Hall–Kier alpha value is -0.770. The summed E-state index contributed by atoms with van der Waals surface area (Å²) < 4.78 is 5.43. The number of hydrogen-bond acceptors (Lipinski definition) is 2. The highest BCUT2D eigenvalue weighted by Crippen LogP contribution is 2.22. The summed E-state index contributed by atoms with van der Waals surface area (Å²) in [7, 11) is 0. The van der Waals surface area contributed by atoms with Crippen LogP contribution in [0.1, 0.15) is 13.8 Å². The highest BCUT2D eigenvalue weighted by atomic mass is 35.5. The average Bonchev–Trinajstić information content (AvgIpc) is 2.25. The maximum Gasteiger partial charge on any atom is 0.138 e. The van der Waals surface area contributed by atoms with Crippen molar-refractivity contribution in [2.75, 3.05) is 13.2 Å². The lowest BCUT2D eigenvalue weighted by atomic mass is 10.3. The molecule has 1 aromatic rings. The maximum atomic E-state index is 9.65. The van der Waals surface area contributed by atoms with Gasteiger partial charge in [0.05, 0.1) is 11.1 Å². The average molecular weight is 245 g/mol. The van der Waals surface area contributed by atoms with Crippen molar-refractivity contribution in [3.05, 3.63) is 29.3 Å². The molecular formula is C12H19ClNO2+. The molecule has 1 atom stereocenters. The molecule has 0 radical (unpaired) electrons. The normalized spacial score (nSPS) is 12.8. The monoisotopic (exact) mass is 244 g/mol. The number of ether oxygens (including phenoxy) is 1. The molecule has 4 heteroatoms. The maximum absolute atomic E-state index is 9.65. The number of quaternary nitrogens is 1. The van der Waals surface area contributed by atoms with Crippen molar-refractivity contribution in [1.82, 2.24) is 0 Å². The summed E-state index contributed by atoms with van der Waals surface area (Å²) in [4.78, 5) is 0. The lowest BCUT2D eigenvalue weighted by molar-refractivity contribution is -0.688.